The number of hydrogen-bond donors (Lipinski definition) is 1. The quantitative estimate of drug-likeness (QED) is 0.857. The van der Waals surface area contributed by atoms with Crippen LogP contribution >= 0.6 is 11.8 Å². The van der Waals surface area contributed by atoms with Gasteiger partial charge in [0.1, 0.15) is 5.82 Å². The van der Waals surface area contributed by atoms with Crippen LogP contribution in [0, 0.1) is 12.3 Å². The molecule has 22 heavy (non-hydrogen) atoms. The van der Waals surface area contributed by atoms with Crippen molar-refractivity contribution >= 4 is 17.7 Å². The van der Waals surface area contributed by atoms with E-state index in [2.05, 4.69) is 24.0 Å². The van der Waals surface area contributed by atoms with E-state index in [9.17, 15) is 4.79 Å². The second kappa shape index (κ2) is 5.43. The number of carboxylic acids is 1. The van der Waals surface area contributed by atoms with Gasteiger partial charge in [0.2, 0.25) is 0 Å². The number of aliphatic carboxylic acids is 1. The first-order chi connectivity index (χ1) is 10.4. The molecular formula is C16H19N3O2S. The van der Waals surface area contributed by atoms with Crippen molar-refractivity contribution in [3.8, 4) is 5.69 Å². The highest BCUT2D eigenvalue weighted by atomic mass is 32.2. The molecule has 1 aliphatic rings. The number of aryl methyl sites for hydroxylation is 1. The van der Waals surface area contributed by atoms with Crippen molar-refractivity contribution in [2.45, 2.75) is 38.3 Å². The lowest BCUT2D eigenvalue weighted by atomic mass is 10.1. The summed E-state index contributed by atoms with van der Waals surface area (Å²) in [5, 5.41) is 18.2. The van der Waals surface area contributed by atoms with Crippen molar-refractivity contribution in [1.29, 1.82) is 0 Å². The number of hydrogen-bond acceptors (Lipinski definition) is 4. The van der Waals surface area contributed by atoms with E-state index in [0.29, 0.717) is 11.1 Å². The fourth-order valence-corrected chi connectivity index (χ4v) is 3.35. The van der Waals surface area contributed by atoms with Crippen LogP contribution in [0.2, 0.25) is 0 Å². The highest BCUT2D eigenvalue weighted by molar-refractivity contribution is 7.99. The van der Waals surface area contributed by atoms with Gasteiger partial charge in [0.25, 0.3) is 0 Å². The van der Waals surface area contributed by atoms with Crippen LogP contribution in [0.25, 0.3) is 5.69 Å². The lowest BCUT2D eigenvalue weighted by Crippen LogP contribution is -2.07. The molecule has 1 fully saturated rings. The molecule has 0 bridgehead atoms. The Morgan fingerprint density at radius 3 is 2.68 bits per heavy atom. The maximum atomic E-state index is 10.9. The highest BCUT2D eigenvalue weighted by Crippen LogP contribution is 2.58. The topological polar surface area (TPSA) is 68.0 Å². The van der Waals surface area contributed by atoms with Crippen molar-refractivity contribution < 1.29 is 9.90 Å². The van der Waals surface area contributed by atoms with Crippen molar-refractivity contribution in [3.63, 3.8) is 0 Å². The summed E-state index contributed by atoms with van der Waals surface area (Å²) < 4.78 is 2.03. The zero-order chi connectivity index (χ0) is 15.9. The van der Waals surface area contributed by atoms with E-state index in [1.54, 1.807) is 0 Å². The third kappa shape index (κ3) is 2.75. The number of benzene rings is 1. The minimum atomic E-state index is -0.849. The van der Waals surface area contributed by atoms with E-state index in [4.69, 9.17) is 5.11 Å². The third-order valence-corrected chi connectivity index (χ3v) is 5.08. The number of carbonyl (C=O) groups is 1. The number of para-hydroxylation sites is 1. The van der Waals surface area contributed by atoms with Gasteiger partial charge in [0.15, 0.2) is 5.16 Å². The molecule has 5 nitrogen and oxygen atoms in total. The first-order valence-electron chi connectivity index (χ1n) is 7.26. The van der Waals surface area contributed by atoms with Gasteiger partial charge < -0.3 is 5.11 Å². The minimum Gasteiger partial charge on any atom is -0.481 e. The van der Waals surface area contributed by atoms with Crippen LogP contribution in [0.5, 0.6) is 0 Å². The Kier molecular flexibility index (Phi) is 3.72. The normalized spacial score (nSPS) is 19.1. The molecule has 2 aromatic rings. The van der Waals surface area contributed by atoms with Crippen LogP contribution in [0.15, 0.2) is 29.4 Å². The summed E-state index contributed by atoms with van der Waals surface area (Å²) in [6.07, 6.45) is 1.08. The SMILES string of the molecule is Cc1ccccc1-n1c(SCC(=O)O)nnc1[C@H]1CC1(C)C. The lowest BCUT2D eigenvalue weighted by molar-refractivity contribution is -0.133. The Hall–Kier alpha value is -1.82. The Morgan fingerprint density at radius 1 is 1.41 bits per heavy atom. The van der Waals surface area contributed by atoms with Crippen LogP contribution in [0.1, 0.15) is 37.6 Å². The number of thioether (sulfide) groups is 1. The third-order valence-electron chi connectivity index (χ3n) is 4.16. The molecule has 1 aliphatic carbocycles. The zero-order valence-electron chi connectivity index (χ0n) is 12.9. The van der Waals surface area contributed by atoms with E-state index in [1.165, 1.54) is 11.8 Å². The minimum absolute atomic E-state index is 0.0158. The molecule has 1 saturated carbocycles. The van der Waals surface area contributed by atoms with Crippen LogP contribution in [-0.4, -0.2) is 31.6 Å². The van der Waals surface area contributed by atoms with Gasteiger partial charge >= 0.3 is 5.97 Å². The Morgan fingerprint density at radius 2 is 2.09 bits per heavy atom. The highest BCUT2D eigenvalue weighted by Gasteiger charge is 2.50. The molecule has 0 amide bonds. The molecule has 6 heteroatoms. The summed E-state index contributed by atoms with van der Waals surface area (Å²) in [5.41, 5.74) is 2.39. The van der Waals surface area contributed by atoms with Gasteiger partial charge in [-0.05, 0) is 30.4 Å². The van der Waals surface area contributed by atoms with Gasteiger partial charge in [-0.25, -0.2) is 0 Å². The first kappa shape index (κ1) is 15.1. The summed E-state index contributed by atoms with van der Waals surface area (Å²) >= 11 is 1.21. The first-order valence-corrected chi connectivity index (χ1v) is 8.24. The molecule has 1 aromatic carbocycles. The smallest absolute Gasteiger partial charge is 0.313 e. The molecule has 1 atom stereocenters. The molecule has 1 heterocycles. The lowest BCUT2D eigenvalue weighted by Gasteiger charge is -2.13. The molecule has 0 spiro atoms. The molecule has 0 aliphatic heterocycles. The largest absolute Gasteiger partial charge is 0.481 e. The molecular weight excluding hydrogens is 298 g/mol. The summed E-state index contributed by atoms with van der Waals surface area (Å²) in [6.45, 7) is 6.49. The molecule has 1 aromatic heterocycles. The number of rotatable bonds is 5. The van der Waals surface area contributed by atoms with E-state index in [0.717, 1.165) is 23.5 Å². The van der Waals surface area contributed by atoms with Crippen LogP contribution in [0.4, 0.5) is 0 Å². The Balaban J connectivity index is 2.05. The molecule has 0 radical (unpaired) electrons. The van der Waals surface area contributed by atoms with Crippen molar-refractivity contribution in [3.05, 3.63) is 35.7 Å². The fraction of sp³-hybridized carbons (Fsp3) is 0.438. The van der Waals surface area contributed by atoms with E-state index < -0.39 is 5.97 Å². The van der Waals surface area contributed by atoms with Crippen LogP contribution in [-0.2, 0) is 4.79 Å². The van der Waals surface area contributed by atoms with Crippen molar-refractivity contribution in [2.75, 3.05) is 5.75 Å². The Bertz CT molecular complexity index is 724. The monoisotopic (exact) mass is 317 g/mol. The molecule has 1 N–H and O–H groups in total. The predicted molar refractivity (Wildman–Crippen MR) is 85.6 cm³/mol. The zero-order valence-corrected chi connectivity index (χ0v) is 13.7. The summed E-state index contributed by atoms with van der Waals surface area (Å²) in [6, 6.07) is 8.05. The second-order valence-electron chi connectivity index (χ2n) is 6.39. The van der Waals surface area contributed by atoms with E-state index >= 15 is 0 Å². The van der Waals surface area contributed by atoms with Crippen molar-refractivity contribution in [2.24, 2.45) is 5.41 Å². The van der Waals surface area contributed by atoms with Crippen LogP contribution < -0.4 is 0 Å². The van der Waals surface area contributed by atoms with Gasteiger partial charge in [-0.15, -0.1) is 10.2 Å². The predicted octanol–water partition coefficient (Wildman–Crippen LogP) is 3.27. The van der Waals surface area contributed by atoms with Gasteiger partial charge in [0.05, 0.1) is 11.4 Å². The summed E-state index contributed by atoms with van der Waals surface area (Å²) in [7, 11) is 0. The van der Waals surface area contributed by atoms with Gasteiger partial charge in [0, 0.05) is 5.92 Å². The second-order valence-corrected chi connectivity index (χ2v) is 7.33. The van der Waals surface area contributed by atoms with Crippen LogP contribution in [0.3, 0.4) is 0 Å². The average Bonchev–Trinajstić information content (AvgIpc) is 2.91. The van der Waals surface area contributed by atoms with Crippen molar-refractivity contribution in [1.82, 2.24) is 14.8 Å². The average molecular weight is 317 g/mol. The number of carboxylic acid groups (broad SMARTS) is 1. The maximum Gasteiger partial charge on any atom is 0.313 e. The Labute approximate surface area is 133 Å². The van der Waals surface area contributed by atoms with E-state index in [-0.39, 0.29) is 11.2 Å². The standard InChI is InChI=1S/C16H19N3O2S/c1-10-6-4-5-7-12(10)19-14(11-8-16(11,2)3)17-18-15(19)22-9-13(20)21/h4-7,11H,8-9H2,1-3H3,(H,20,21)/t11-/m1/s1. The summed E-state index contributed by atoms with van der Waals surface area (Å²) in [4.78, 5) is 10.9. The fourth-order valence-electron chi connectivity index (χ4n) is 2.68. The van der Waals surface area contributed by atoms with Gasteiger partial charge in [-0.3, -0.25) is 9.36 Å². The molecule has 3 rings (SSSR count). The van der Waals surface area contributed by atoms with E-state index in [1.807, 2.05) is 35.8 Å². The number of nitrogens with zero attached hydrogens (tertiary/aromatic N) is 3. The molecule has 116 valence electrons. The molecule has 0 unspecified atom stereocenters. The number of aromatic nitrogens is 3. The summed E-state index contributed by atoms with van der Waals surface area (Å²) in [5.74, 6) is 0.446. The van der Waals surface area contributed by atoms with Gasteiger partial charge in [-0.2, -0.15) is 0 Å². The van der Waals surface area contributed by atoms with Gasteiger partial charge in [-0.1, -0.05) is 43.8 Å². The molecule has 0 saturated heterocycles. The maximum absolute atomic E-state index is 10.9.